The number of anilines is 2. The number of rotatable bonds is 9. The van der Waals surface area contributed by atoms with Crippen molar-refractivity contribution in [1.29, 1.82) is 5.26 Å². The van der Waals surface area contributed by atoms with Crippen LogP contribution in [-0.2, 0) is 28.0 Å². The van der Waals surface area contributed by atoms with Crippen LogP contribution >= 0.6 is 0 Å². The number of hydrogen-bond acceptors (Lipinski definition) is 10. The van der Waals surface area contributed by atoms with E-state index in [9.17, 15) is 36.4 Å². The molecule has 0 aliphatic carbocycles. The minimum absolute atomic E-state index is 0.0484. The number of likely N-dealkylation sites (tertiary alicyclic amines) is 1. The Hall–Kier alpha value is -5.38. The van der Waals surface area contributed by atoms with Crippen molar-refractivity contribution in [3.8, 4) is 6.07 Å². The maximum absolute atomic E-state index is 13.7. The molecule has 5 heterocycles. The predicted molar refractivity (Wildman–Crippen MR) is 202 cm³/mol. The largest absolute Gasteiger partial charge is 0.419 e. The first-order valence-electron chi connectivity index (χ1n) is 18.4. The van der Waals surface area contributed by atoms with Crippen molar-refractivity contribution < 1.29 is 31.2 Å². The number of alkyl halides is 3. The molecule has 3 saturated heterocycles. The highest BCUT2D eigenvalue weighted by Crippen LogP contribution is 2.34. The van der Waals surface area contributed by atoms with Gasteiger partial charge >= 0.3 is 12.2 Å². The highest BCUT2D eigenvalue weighted by molar-refractivity contribution is 7.89. The van der Waals surface area contributed by atoms with Crippen LogP contribution in [-0.4, -0.2) is 94.6 Å². The van der Waals surface area contributed by atoms with E-state index in [1.54, 1.807) is 10.7 Å². The lowest BCUT2D eigenvalue weighted by atomic mass is 9.88. The molecule has 2 N–H and O–H groups in total. The highest BCUT2D eigenvalue weighted by Gasteiger charge is 2.33. The van der Waals surface area contributed by atoms with Crippen LogP contribution in [0.3, 0.4) is 0 Å². The summed E-state index contributed by atoms with van der Waals surface area (Å²) < 4.78 is 69.1. The molecule has 18 heteroatoms. The molecular formula is C38H41F3N10O4S. The van der Waals surface area contributed by atoms with Crippen molar-refractivity contribution in [2.24, 2.45) is 7.05 Å². The molecule has 0 spiro atoms. The molecule has 294 valence electrons. The fourth-order valence-corrected chi connectivity index (χ4v) is 9.11. The van der Waals surface area contributed by atoms with E-state index < -0.39 is 27.8 Å². The number of nitrogens with zero attached hydrogens (tertiary/aromatic N) is 8. The minimum Gasteiger partial charge on any atom is -0.351 e. The quantitative estimate of drug-likeness (QED) is 0.229. The molecule has 3 fully saturated rings. The van der Waals surface area contributed by atoms with E-state index in [0.717, 1.165) is 42.4 Å². The summed E-state index contributed by atoms with van der Waals surface area (Å²) in [5.74, 6) is 0.621. The van der Waals surface area contributed by atoms with Crippen LogP contribution in [0.15, 0.2) is 59.3 Å². The van der Waals surface area contributed by atoms with Gasteiger partial charge < -0.3 is 5.32 Å². The average Bonchev–Trinajstić information content (AvgIpc) is 3.50. The van der Waals surface area contributed by atoms with Crippen LogP contribution in [0, 0.1) is 11.3 Å². The summed E-state index contributed by atoms with van der Waals surface area (Å²) in [7, 11) is -2.04. The minimum atomic E-state index is -4.54. The molecule has 0 radical (unpaired) electrons. The lowest BCUT2D eigenvalue weighted by Gasteiger charge is -2.32. The van der Waals surface area contributed by atoms with E-state index in [1.165, 1.54) is 26.9 Å². The zero-order valence-electron chi connectivity index (χ0n) is 30.9. The number of piperidine rings is 2. The third kappa shape index (κ3) is 8.25. The Balaban J connectivity index is 0.954. The van der Waals surface area contributed by atoms with Crippen LogP contribution < -0.4 is 15.5 Å². The SMILES string of the molecule is C/C(=C\c1cc(S(=O)(=O)N2CCC(Nc3ncc(C(F)(F)F)cn3)CC2)ccc1C#N)CN1CCC(c2ccc3c(N4CCC(=O)NC4=O)nn(C)c3c2)CC1. The number of hydrogen-bond donors (Lipinski definition) is 2. The molecule has 2 aromatic carbocycles. The molecule has 2 aromatic heterocycles. The van der Waals surface area contributed by atoms with Crippen LogP contribution in [0.4, 0.5) is 29.7 Å². The Morgan fingerprint density at radius 1 is 1.02 bits per heavy atom. The van der Waals surface area contributed by atoms with Gasteiger partial charge in [0.2, 0.25) is 21.9 Å². The average molecular weight is 791 g/mol. The molecular weight excluding hydrogens is 750 g/mol. The van der Waals surface area contributed by atoms with Crippen LogP contribution in [0.2, 0.25) is 0 Å². The van der Waals surface area contributed by atoms with Crippen molar-refractivity contribution in [2.45, 2.75) is 62.1 Å². The van der Waals surface area contributed by atoms with Gasteiger partial charge in [-0.25, -0.2) is 23.2 Å². The fourth-order valence-electron chi connectivity index (χ4n) is 7.61. The van der Waals surface area contributed by atoms with Crippen molar-refractivity contribution in [2.75, 3.05) is 49.5 Å². The Morgan fingerprint density at radius 2 is 1.73 bits per heavy atom. The Morgan fingerprint density at radius 3 is 2.39 bits per heavy atom. The number of benzene rings is 2. The summed E-state index contributed by atoms with van der Waals surface area (Å²) >= 11 is 0. The normalized spacial score (nSPS) is 18.6. The smallest absolute Gasteiger partial charge is 0.351 e. The van der Waals surface area contributed by atoms with E-state index in [-0.39, 0.29) is 48.8 Å². The second-order valence-corrected chi connectivity index (χ2v) is 16.4. The first-order valence-corrected chi connectivity index (χ1v) is 19.8. The van der Waals surface area contributed by atoms with E-state index in [0.29, 0.717) is 54.6 Å². The number of aromatic nitrogens is 4. The van der Waals surface area contributed by atoms with Crippen molar-refractivity contribution in [3.05, 3.63) is 76.6 Å². The Kier molecular flexibility index (Phi) is 10.9. The molecule has 3 aliphatic rings. The predicted octanol–water partition coefficient (Wildman–Crippen LogP) is 5.25. The number of aryl methyl sites for hydroxylation is 1. The van der Waals surface area contributed by atoms with Crippen LogP contribution in [0.5, 0.6) is 0 Å². The topological polar surface area (TPSA) is 169 Å². The number of urea groups is 1. The lowest BCUT2D eigenvalue weighted by molar-refractivity contribution is -0.138. The van der Waals surface area contributed by atoms with Crippen molar-refractivity contribution >= 4 is 50.7 Å². The monoisotopic (exact) mass is 790 g/mol. The zero-order valence-corrected chi connectivity index (χ0v) is 31.7. The van der Waals surface area contributed by atoms with Gasteiger partial charge in [-0.15, -0.1) is 0 Å². The maximum Gasteiger partial charge on any atom is 0.419 e. The van der Waals surface area contributed by atoms with Crippen LogP contribution in [0.25, 0.3) is 17.0 Å². The molecule has 0 bridgehead atoms. The number of sulfonamides is 1. The second kappa shape index (κ2) is 15.6. The fraction of sp³-hybridized carbons (Fsp3) is 0.421. The number of amides is 3. The van der Waals surface area contributed by atoms with Gasteiger partial charge in [-0.2, -0.15) is 27.8 Å². The number of nitrogens with one attached hydrogen (secondary N) is 2. The first-order chi connectivity index (χ1) is 26.7. The van der Waals surface area contributed by atoms with E-state index >= 15 is 0 Å². The van der Waals surface area contributed by atoms with Gasteiger partial charge in [-0.1, -0.05) is 17.7 Å². The third-order valence-corrected chi connectivity index (χ3v) is 12.5. The maximum atomic E-state index is 13.7. The van der Waals surface area contributed by atoms with Crippen molar-refractivity contribution in [3.63, 3.8) is 0 Å². The zero-order chi connectivity index (χ0) is 39.8. The van der Waals surface area contributed by atoms with E-state index in [1.807, 2.05) is 26.1 Å². The van der Waals surface area contributed by atoms with Crippen LogP contribution in [0.1, 0.15) is 67.2 Å². The third-order valence-electron chi connectivity index (χ3n) is 10.6. The van der Waals surface area contributed by atoms with Gasteiger partial charge in [0.05, 0.1) is 27.6 Å². The molecule has 0 atom stereocenters. The molecule has 14 nitrogen and oxygen atoms in total. The van der Waals surface area contributed by atoms with Gasteiger partial charge in [-0.05, 0) is 93.1 Å². The number of carbonyl (C=O) groups excluding carboxylic acids is 2. The summed E-state index contributed by atoms with van der Waals surface area (Å²) in [6, 6.07) is 12.2. The number of carbonyl (C=O) groups is 2. The number of halogens is 3. The molecule has 4 aromatic rings. The van der Waals surface area contributed by atoms with Gasteiger partial charge in [0.1, 0.15) is 0 Å². The van der Waals surface area contributed by atoms with Gasteiger partial charge in [0.15, 0.2) is 5.82 Å². The van der Waals surface area contributed by atoms with Crippen molar-refractivity contribution in [1.82, 2.24) is 34.3 Å². The summed E-state index contributed by atoms with van der Waals surface area (Å²) in [5.41, 5.74) is 3.03. The summed E-state index contributed by atoms with van der Waals surface area (Å²) in [6.07, 6.45) is 1.66. The number of imide groups is 1. The number of nitriles is 1. The Bertz CT molecular complexity index is 2320. The second-order valence-electron chi connectivity index (χ2n) is 14.5. The molecule has 3 amide bonds. The summed E-state index contributed by atoms with van der Waals surface area (Å²) in [4.78, 5) is 35.6. The molecule has 7 rings (SSSR count). The van der Waals surface area contributed by atoms with Gasteiger partial charge in [-0.3, -0.25) is 24.6 Å². The Labute approximate surface area is 322 Å². The summed E-state index contributed by atoms with van der Waals surface area (Å²) in [6.45, 7) is 4.99. The van der Waals surface area contributed by atoms with Gasteiger partial charge in [0, 0.05) is 63.5 Å². The molecule has 3 aliphatic heterocycles. The van der Waals surface area contributed by atoms with E-state index in [2.05, 4.69) is 48.8 Å². The highest BCUT2D eigenvalue weighted by atomic mass is 32.2. The molecule has 0 saturated carbocycles. The standard InChI is InChI=1S/C38H41F3N10O4S/c1-24(23-49-12-7-25(8-13-49)26-4-6-32-33(19-26)48(2)47-35(32)51-16-11-34(52)46-37(51)53)17-28-18-31(5-3-27(28)20-42)56(54,55)50-14-9-30(10-15-50)45-36-43-21-29(22-44-36)38(39,40)41/h3-6,17-19,21-22,25,30H,7-16,23H2,1-2H3,(H,43,44,45)(H,46,52,53)/b24-17+. The first kappa shape index (κ1) is 38.9. The van der Waals surface area contributed by atoms with E-state index in [4.69, 9.17) is 0 Å². The molecule has 56 heavy (non-hydrogen) atoms. The molecule has 0 unspecified atom stereocenters. The van der Waals surface area contributed by atoms with Gasteiger partial charge in [0.25, 0.3) is 0 Å². The lowest BCUT2D eigenvalue weighted by Crippen LogP contribution is -2.49. The summed E-state index contributed by atoms with van der Waals surface area (Å²) in [5, 5.41) is 20.7. The number of fused-ring (bicyclic) bond motifs is 1.